The molecular weight excluding hydrogens is 347 g/mol. The second kappa shape index (κ2) is 8.27. The number of aromatic nitrogens is 2. The number of amides is 2. The van der Waals surface area contributed by atoms with E-state index >= 15 is 0 Å². The maximum absolute atomic E-state index is 12.9. The quantitative estimate of drug-likeness (QED) is 0.702. The summed E-state index contributed by atoms with van der Waals surface area (Å²) < 4.78 is 14.4. The second-order valence-corrected chi connectivity index (χ2v) is 6.03. The average Bonchev–Trinajstić information content (AvgIpc) is 3.03. The van der Waals surface area contributed by atoms with E-state index in [1.165, 1.54) is 35.0 Å². The molecule has 3 aromatic rings. The van der Waals surface area contributed by atoms with E-state index in [2.05, 4.69) is 15.7 Å². The van der Waals surface area contributed by atoms with Crippen molar-refractivity contribution in [1.82, 2.24) is 9.78 Å². The van der Waals surface area contributed by atoms with E-state index < -0.39 is 5.91 Å². The van der Waals surface area contributed by atoms with Crippen molar-refractivity contribution in [2.75, 3.05) is 10.6 Å². The molecule has 0 bridgehead atoms. The van der Waals surface area contributed by atoms with Gasteiger partial charge in [0, 0.05) is 25.2 Å². The zero-order valence-electron chi connectivity index (χ0n) is 14.8. The summed E-state index contributed by atoms with van der Waals surface area (Å²) in [5, 5.41) is 9.50. The van der Waals surface area contributed by atoms with Crippen molar-refractivity contribution in [1.29, 1.82) is 0 Å². The Morgan fingerprint density at radius 1 is 1.04 bits per heavy atom. The van der Waals surface area contributed by atoms with Gasteiger partial charge in [0.15, 0.2) is 5.69 Å². The molecule has 3 rings (SSSR count). The van der Waals surface area contributed by atoms with Crippen LogP contribution in [0.1, 0.15) is 22.5 Å². The Morgan fingerprint density at radius 3 is 2.44 bits per heavy atom. The van der Waals surface area contributed by atoms with Gasteiger partial charge in [0.05, 0.1) is 0 Å². The Labute approximate surface area is 156 Å². The van der Waals surface area contributed by atoms with Gasteiger partial charge < -0.3 is 10.6 Å². The van der Waals surface area contributed by atoms with Crippen LogP contribution < -0.4 is 10.6 Å². The largest absolute Gasteiger partial charge is 0.321 e. The molecule has 0 fully saturated rings. The molecule has 7 heteroatoms. The molecular formula is C20H19FN4O2. The monoisotopic (exact) mass is 366 g/mol. The fourth-order valence-electron chi connectivity index (χ4n) is 2.53. The lowest BCUT2D eigenvalue weighted by atomic mass is 10.1. The number of benzene rings is 2. The number of nitrogens with one attached hydrogen (secondary N) is 2. The number of carbonyl (C=O) groups is 2. The molecule has 0 saturated carbocycles. The molecule has 0 aliphatic rings. The van der Waals surface area contributed by atoms with Crippen LogP contribution in [0.3, 0.4) is 0 Å². The molecule has 0 aliphatic heterocycles. The predicted octanol–water partition coefficient (Wildman–Crippen LogP) is 3.38. The van der Waals surface area contributed by atoms with Gasteiger partial charge in [-0.15, -0.1) is 0 Å². The molecule has 2 aromatic carbocycles. The summed E-state index contributed by atoms with van der Waals surface area (Å²) in [4.78, 5) is 24.4. The summed E-state index contributed by atoms with van der Waals surface area (Å²) >= 11 is 0. The fraction of sp³-hybridized carbons (Fsp3) is 0.150. The van der Waals surface area contributed by atoms with Crippen molar-refractivity contribution in [2.45, 2.75) is 12.8 Å². The van der Waals surface area contributed by atoms with Crippen molar-refractivity contribution >= 4 is 23.3 Å². The second-order valence-electron chi connectivity index (χ2n) is 6.03. The highest BCUT2D eigenvalue weighted by atomic mass is 19.1. The van der Waals surface area contributed by atoms with Gasteiger partial charge in [-0.05, 0) is 36.2 Å². The summed E-state index contributed by atoms with van der Waals surface area (Å²) in [6, 6.07) is 16.7. The van der Waals surface area contributed by atoms with E-state index in [0.717, 1.165) is 5.56 Å². The standard InChI is InChI=1S/C20H19FN4O2/c1-25-18(23-19(26)12-7-14-5-3-2-4-6-14)13-17(24-25)20(27)22-16-10-8-15(21)9-11-16/h2-6,8-11,13H,7,12H2,1H3,(H,22,27)(H,23,26). The Kier molecular flexibility index (Phi) is 5.61. The molecule has 0 saturated heterocycles. The highest BCUT2D eigenvalue weighted by molar-refractivity contribution is 6.03. The first-order chi connectivity index (χ1) is 13.0. The normalized spacial score (nSPS) is 10.4. The SMILES string of the molecule is Cn1nc(C(=O)Nc2ccc(F)cc2)cc1NC(=O)CCc1ccccc1. The number of nitrogens with zero attached hydrogens (tertiary/aromatic N) is 2. The first-order valence-electron chi connectivity index (χ1n) is 8.46. The molecule has 2 N–H and O–H groups in total. The van der Waals surface area contributed by atoms with Crippen LogP contribution in [0.15, 0.2) is 60.7 Å². The van der Waals surface area contributed by atoms with Gasteiger partial charge >= 0.3 is 0 Å². The third-order valence-electron chi connectivity index (χ3n) is 3.97. The summed E-state index contributed by atoms with van der Waals surface area (Å²) in [6.45, 7) is 0. The lowest BCUT2D eigenvalue weighted by Gasteiger charge is -2.05. The predicted molar refractivity (Wildman–Crippen MR) is 101 cm³/mol. The maximum Gasteiger partial charge on any atom is 0.276 e. The van der Waals surface area contributed by atoms with Gasteiger partial charge in [-0.3, -0.25) is 14.3 Å². The van der Waals surface area contributed by atoms with Crippen LogP contribution in [0, 0.1) is 5.82 Å². The lowest BCUT2D eigenvalue weighted by Crippen LogP contribution is -2.14. The van der Waals surface area contributed by atoms with E-state index in [0.29, 0.717) is 24.3 Å². The number of aryl methyl sites for hydroxylation is 2. The number of hydrogen-bond donors (Lipinski definition) is 2. The van der Waals surface area contributed by atoms with Gasteiger partial charge in [0.1, 0.15) is 11.6 Å². The van der Waals surface area contributed by atoms with E-state index in [9.17, 15) is 14.0 Å². The topological polar surface area (TPSA) is 76.0 Å². The maximum atomic E-state index is 12.9. The van der Waals surface area contributed by atoms with Gasteiger partial charge in [0.25, 0.3) is 5.91 Å². The minimum absolute atomic E-state index is 0.153. The van der Waals surface area contributed by atoms with Crippen LogP contribution >= 0.6 is 0 Å². The molecule has 138 valence electrons. The average molecular weight is 366 g/mol. The lowest BCUT2D eigenvalue weighted by molar-refractivity contribution is -0.116. The van der Waals surface area contributed by atoms with Crippen LogP contribution in [0.25, 0.3) is 0 Å². The Morgan fingerprint density at radius 2 is 1.74 bits per heavy atom. The first kappa shape index (κ1) is 18.3. The molecule has 0 spiro atoms. The van der Waals surface area contributed by atoms with E-state index in [4.69, 9.17) is 0 Å². The van der Waals surface area contributed by atoms with Crippen LogP contribution in [0.4, 0.5) is 15.9 Å². The molecule has 27 heavy (non-hydrogen) atoms. The molecule has 0 radical (unpaired) electrons. The molecule has 1 aromatic heterocycles. The summed E-state index contributed by atoms with van der Waals surface area (Å²) in [6.07, 6.45) is 0.953. The number of anilines is 2. The summed E-state index contributed by atoms with van der Waals surface area (Å²) in [5.74, 6) is -0.557. The van der Waals surface area contributed by atoms with Gasteiger partial charge in [-0.2, -0.15) is 5.10 Å². The van der Waals surface area contributed by atoms with Crippen molar-refractivity contribution in [3.8, 4) is 0 Å². The highest BCUT2D eigenvalue weighted by Gasteiger charge is 2.15. The minimum Gasteiger partial charge on any atom is -0.321 e. The molecule has 2 amide bonds. The Hall–Kier alpha value is -3.48. The fourth-order valence-corrected chi connectivity index (χ4v) is 2.53. The van der Waals surface area contributed by atoms with Gasteiger partial charge in [-0.25, -0.2) is 4.39 Å². The van der Waals surface area contributed by atoms with Crippen molar-refractivity contribution in [2.24, 2.45) is 7.05 Å². The Bertz CT molecular complexity index is 936. The zero-order valence-corrected chi connectivity index (χ0v) is 14.8. The number of carbonyl (C=O) groups excluding carboxylic acids is 2. The molecule has 1 heterocycles. The minimum atomic E-state index is -0.443. The van der Waals surface area contributed by atoms with Gasteiger partial charge in [-0.1, -0.05) is 30.3 Å². The number of rotatable bonds is 6. The Balaban J connectivity index is 1.59. The van der Waals surface area contributed by atoms with E-state index in [1.54, 1.807) is 7.05 Å². The van der Waals surface area contributed by atoms with Crippen molar-refractivity contribution in [3.05, 3.63) is 77.7 Å². The summed E-state index contributed by atoms with van der Waals surface area (Å²) in [7, 11) is 1.64. The summed E-state index contributed by atoms with van der Waals surface area (Å²) in [5.41, 5.74) is 1.69. The van der Waals surface area contributed by atoms with Crippen LogP contribution in [0.5, 0.6) is 0 Å². The van der Waals surface area contributed by atoms with E-state index in [-0.39, 0.29) is 17.4 Å². The third kappa shape index (κ3) is 5.01. The van der Waals surface area contributed by atoms with Gasteiger partial charge in [0.2, 0.25) is 5.91 Å². The molecule has 0 unspecified atom stereocenters. The zero-order chi connectivity index (χ0) is 19.2. The van der Waals surface area contributed by atoms with E-state index in [1.807, 2.05) is 30.3 Å². The highest BCUT2D eigenvalue weighted by Crippen LogP contribution is 2.14. The molecule has 0 atom stereocenters. The van der Waals surface area contributed by atoms with Crippen LogP contribution in [-0.4, -0.2) is 21.6 Å². The molecule has 6 nitrogen and oxygen atoms in total. The van der Waals surface area contributed by atoms with Crippen LogP contribution in [-0.2, 0) is 18.3 Å². The van der Waals surface area contributed by atoms with Crippen LogP contribution in [0.2, 0.25) is 0 Å². The van der Waals surface area contributed by atoms with Crippen molar-refractivity contribution < 1.29 is 14.0 Å². The smallest absolute Gasteiger partial charge is 0.276 e. The number of hydrogen-bond acceptors (Lipinski definition) is 3. The molecule has 0 aliphatic carbocycles. The first-order valence-corrected chi connectivity index (χ1v) is 8.46. The number of halogens is 1. The third-order valence-corrected chi connectivity index (χ3v) is 3.97. The van der Waals surface area contributed by atoms with Crippen molar-refractivity contribution in [3.63, 3.8) is 0 Å².